The molecule has 7 rings (SSSR count). The maximum Gasteiger partial charge on any atom is 0.318 e. The fourth-order valence-corrected chi connectivity index (χ4v) is 8.50. The molecule has 232 valence electrons. The minimum absolute atomic E-state index is 0.0815. The molecule has 0 spiro atoms. The van der Waals surface area contributed by atoms with E-state index in [1.807, 2.05) is 0 Å². The number of nitrogens with zero attached hydrogens (tertiary/aromatic N) is 7. The van der Waals surface area contributed by atoms with Gasteiger partial charge in [-0.15, -0.1) is 0 Å². The highest BCUT2D eigenvalue weighted by atomic mass is 19.1. The van der Waals surface area contributed by atoms with Crippen LogP contribution in [0, 0.1) is 11.3 Å². The topological polar surface area (TPSA) is 88.8 Å². The highest BCUT2D eigenvalue weighted by molar-refractivity contribution is 5.91. The fraction of sp³-hybridized carbons (Fsp3) is 0.588. The number of aromatic nitrogens is 2. The molecule has 5 aliphatic rings. The third kappa shape index (κ3) is 5.29. The molecule has 1 aromatic heterocycles. The molecule has 0 saturated carbocycles. The fourth-order valence-electron chi connectivity index (χ4n) is 8.50. The van der Waals surface area contributed by atoms with E-state index in [9.17, 15) is 14.4 Å². The summed E-state index contributed by atoms with van der Waals surface area (Å²) in [6.07, 6.45) is 9.73. The van der Waals surface area contributed by atoms with Crippen molar-refractivity contribution in [1.82, 2.24) is 19.8 Å². The van der Waals surface area contributed by atoms with E-state index in [1.165, 1.54) is 29.0 Å². The Morgan fingerprint density at radius 1 is 1.09 bits per heavy atom. The van der Waals surface area contributed by atoms with Crippen molar-refractivity contribution in [2.75, 3.05) is 55.7 Å². The predicted molar refractivity (Wildman–Crippen MR) is 166 cm³/mol. The number of carbonyl (C=O) groups is 1. The number of ether oxygens (including phenoxy) is 1. The van der Waals surface area contributed by atoms with Crippen LogP contribution in [0.2, 0.25) is 0 Å². The van der Waals surface area contributed by atoms with Crippen molar-refractivity contribution in [3.05, 3.63) is 53.5 Å². The molecule has 1 aliphatic carbocycles. The summed E-state index contributed by atoms with van der Waals surface area (Å²) in [4.78, 5) is 31.4. The zero-order valence-corrected chi connectivity index (χ0v) is 25.5. The molecule has 2 atom stereocenters. The first-order valence-corrected chi connectivity index (χ1v) is 16.4. The SMILES string of the molecule is C=C(F)C(=O)N1CCN(c2nc(OCC34CCCN3CCC4)nc3c2CCC(N2CCCc4ccccc42)C3)C[C@@H]1CC#N. The Bertz CT molecular complexity index is 1460. The van der Waals surface area contributed by atoms with Crippen LogP contribution in [0.1, 0.15) is 61.8 Å². The van der Waals surface area contributed by atoms with Crippen LogP contribution in [0.4, 0.5) is 15.9 Å². The molecule has 0 radical (unpaired) electrons. The predicted octanol–water partition coefficient (Wildman–Crippen LogP) is 4.21. The summed E-state index contributed by atoms with van der Waals surface area (Å²) in [5.41, 5.74) is 5.00. The smallest absolute Gasteiger partial charge is 0.318 e. The molecule has 9 nitrogen and oxygen atoms in total. The Kier molecular flexibility index (Phi) is 7.91. The molecule has 44 heavy (non-hydrogen) atoms. The van der Waals surface area contributed by atoms with Gasteiger partial charge in [0.25, 0.3) is 5.91 Å². The number of fused-ring (bicyclic) bond motifs is 3. The third-order valence-electron chi connectivity index (χ3n) is 10.7. The summed E-state index contributed by atoms with van der Waals surface area (Å²) in [5.74, 6) is -0.891. The van der Waals surface area contributed by atoms with Gasteiger partial charge in [0.05, 0.1) is 29.8 Å². The van der Waals surface area contributed by atoms with Gasteiger partial charge in [-0.1, -0.05) is 24.8 Å². The number of piperazine rings is 1. The summed E-state index contributed by atoms with van der Waals surface area (Å²) in [7, 11) is 0. The molecule has 3 saturated heterocycles. The first kappa shape index (κ1) is 29.0. The summed E-state index contributed by atoms with van der Waals surface area (Å²) in [6, 6.07) is 11.3. The van der Waals surface area contributed by atoms with Crippen molar-refractivity contribution in [2.45, 2.75) is 81.8 Å². The molecule has 0 N–H and O–H groups in total. The maximum atomic E-state index is 13.9. The zero-order chi connectivity index (χ0) is 30.3. The van der Waals surface area contributed by atoms with E-state index in [-0.39, 0.29) is 12.0 Å². The second-order valence-electron chi connectivity index (χ2n) is 13.2. The largest absolute Gasteiger partial charge is 0.461 e. The standard InChI is InChI=1S/C34H42FN7O2/c1-24(35)32(43)42-20-19-39(22-27(42)12-15-36)31-28-11-10-26(41-18-4-8-25-7-2-3-9-30(25)41)21-29(28)37-33(38-31)44-23-34-13-5-16-40(34)17-6-14-34/h2-3,7,9,26-27H,1,4-6,8,10-14,16-23H2/t26?,27-/m0/s1. The van der Waals surface area contributed by atoms with Gasteiger partial charge in [0, 0.05) is 49.9 Å². The van der Waals surface area contributed by atoms with E-state index in [0.29, 0.717) is 38.3 Å². The van der Waals surface area contributed by atoms with E-state index in [4.69, 9.17) is 14.7 Å². The highest BCUT2D eigenvalue weighted by Crippen LogP contribution is 2.40. The molecule has 1 amide bonds. The van der Waals surface area contributed by atoms with E-state index in [0.717, 1.165) is 81.7 Å². The van der Waals surface area contributed by atoms with Crippen molar-refractivity contribution in [2.24, 2.45) is 0 Å². The third-order valence-corrected chi connectivity index (χ3v) is 10.7. The molecular weight excluding hydrogens is 557 g/mol. The van der Waals surface area contributed by atoms with Gasteiger partial charge in [0.15, 0.2) is 5.83 Å². The summed E-state index contributed by atoms with van der Waals surface area (Å²) >= 11 is 0. The van der Waals surface area contributed by atoms with Crippen LogP contribution in [0.3, 0.4) is 0 Å². The molecule has 1 aromatic carbocycles. The van der Waals surface area contributed by atoms with E-state index < -0.39 is 17.8 Å². The number of carbonyl (C=O) groups excluding carboxylic acids is 1. The first-order valence-electron chi connectivity index (χ1n) is 16.4. The molecule has 2 aromatic rings. The lowest BCUT2D eigenvalue weighted by Gasteiger charge is -2.43. The molecule has 5 heterocycles. The number of nitriles is 1. The number of hydrogen-bond acceptors (Lipinski definition) is 8. The molecule has 10 heteroatoms. The lowest BCUT2D eigenvalue weighted by Crippen LogP contribution is -2.55. The van der Waals surface area contributed by atoms with Gasteiger partial charge < -0.3 is 19.4 Å². The Hall–Kier alpha value is -3.71. The molecule has 4 aliphatic heterocycles. The first-order chi connectivity index (χ1) is 21.5. The van der Waals surface area contributed by atoms with E-state index in [1.54, 1.807) is 0 Å². The number of para-hydroxylation sites is 1. The van der Waals surface area contributed by atoms with Gasteiger partial charge in [-0.25, -0.2) is 4.39 Å². The van der Waals surface area contributed by atoms with Crippen LogP contribution in [0.15, 0.2) is 36.7 Å². The number of aryl methyl sites for hydroxylation is 1. The Balaban J connectivity index is 1.19. The molecular formula is C34H42FN7O2. The zero-order valence-electron chi connectivity index (χ0n) is 25.5. The summed E-state index contributed by atoms with van der Waals surface area (Å²) in [6.45, 7) is 8.29. The van der Waals surface area contributed by atoms with Crippen molar-refractivity contribution in [3.63, 3.8) is 0 Å². The molecule has 0 bridgehead atoms. The van der Waals surface area contributed by atoms with Gasteiger partial charge in [0.1, 0.15) is 12.4 Å². The van der Waals surface area contributed by atoms with Crippen LogP contribution in [-0.2, 0) is 24.1 Å². The molecule has 1 unspecified atom stereocenters. The summed E-state index contributed by atoms with van der Waals surface area (Å²) in [5, 5.41) is 9.54. The minimum atomic E-state index is -0.992. The summed E-state index contributed by atoms with van der Waals surface area (Å²) < 4.78 is 20.4. The number of amides is 1. The Morgan fingerprint density at radius 2 is 1.91 bits per heavy atom. The second-order valence-corrected chi connectivity index (χ2v) is 13.2. The Morgan fingerprint density at radius 3 is 2.70 bits per heavy atom. The number of rotatable bonds is 7. The average Bonchev–Trinajstić information content (AvgIpc) is 3.63. The van der Waals surface area contributed by atoms with Gasteiger partial charge in [-0.05, 0) is 76.1 Å². The van der Waals surface area contributed by atoms with Gasteiger partial charge >= 0.3 is 6.01 Å². The second kappa shape index (κ2) is 12.0. The van der Waals surface area contributed by atoms with Crippen molar-refractivity contribution in [3.8, 4) is 12.1 Å². The quantitative estimate of drug-likeness (QED) is 0.438. The lowest BCUT2D eigenvalue weighted by atomic mass is 9.88. The van der Waals surface area contributed by atoms with Crippen molar-refractivity contribution < 1.29 is 13.9 Å². The number of halogens is 1. The van der Waals surface area contributed by atoms with Gasteiger partial charge in [-0.2, -0.15) is 15.2 Å². The Labute approximate surface area is 259 Å². The van der Waals surface area contributed by atoms with E-state index >= 15 is 0 Å². The van der Waals surface area contributed by atoms with Crippen LogP contribution in [0.25, 0.3) is 0 Å². The minimum Gasteiger partial charge on any atom is -0.461 e. The monoisotopic (exact) mass is 599 g/mol. The highest BCUT2D eigenvalue weighted by Gasteiger charge is 2.45. The van der Waals surface area contributed by atoms with E-state index in [2.05, 4.69) is 51.6 Å². The normalized spacial score (nSPS) is 24.3. The molecule has 3 fully saturated rings. The van der Waals surface area contributed by atoms with Crippen LogP contribution in [0.5, 0.6) is 6.01 Å². The maximum absolute atomic E-state index is 13.9. The van der Waals surface area contributed by atoms with Gasteiger partial charge in [-0.3, -0.25) is 9.69 Å². The van der Waals surface area contributed by atoms with Crippen LogP contribution >= 0.6 is 0 Å². The lowest BCUT2D eigenvalue weighted by molar-refractivity contribution is -0.131. The van der Waals surface area contributed by atoms with Gasteiger partial charge in [0.2, 0.25) is 0 Å². The number of hydrogen-bond donors (Lipinski definition) is 0. The van der Waals surface area contributed by atoms with Crippen molar-refractivity contribution >= 4 is 17.4 Å². The van der Waals surface area contributed by atoms with Crippen LogP contribution in [-0.4, -0.2) is 89.2 Å². The average molecular weight is 600 g/mol. The van der Waals surface area contributed by atoms with Crippen LogP contribution < -0.4 is 14.5 Å². The number of benzene rings is 1. The van der Waals surface area contributed by atoms with Crippen molar-refractivity contribution in [1.29, 1.82) is 5.26 Å². The number of anilines is 2.